The summed E-state index contributed by atoms with van der Waals surface area (Å²) < 4.78 is 0. The Labute approximate surface area is 152 Å². The highest BCUT2D eigenvalue weighted by molar-refractivity contribution is 6.10. The van der Waals surface area contributed by atoms with Crippen molar-refractivity contribution in [2.75, 3.05) is 0 Å². The number of ketones is 1. The Hall–Kier alpha value is -3.20. The fourth-order valence-corrected chi connectivity index (χ4v) is 3.49. The van der Waals surface area contributed by atoms with Gasteiger partial charge in [-0.05, 0) is 36.1 Å². The van der Waals surface area contributed by atoms with E-state index in [0.29, 0.717) is 16.7 Å². The Morgan fingerprint density at radius 1 is 0.692 bits per heavy atom. The second-order valence-corrected chi connectivity index (χ2v) is 6.62. The fourth-order valence-electron chi connectivity index (χ4n) is 3.49. The maximum atomic E-state index is 12.6. The molecule has 1 aliphatic rings. The monoisotopic (exact) mass is 341 g/mol. The van der Waals surface area contributed by atoms with E-state index in [1.165, 1.54) is 11.1 Å². The molecule has 0 atom stereocenters. The summed E-state index contributed by atoms with van der Waals surface area (Å²) in [5, 5.41) is 3.10. The van der Waals surface area contributed by atoms with Gasteiger partial charge in [-0.25, -0.2) is 0 Å². The molecule has 3 aromatic rings. The smallest absolute Gasteiger partial charge is 0.251 e. The van der Waals surface area contributed by atoms with E-state index in [9.17, 15) is 9.59 Å². The van der Waals surface area contributed by atoms with Crippen molar-refractivity contribution in [3.8, 4) is 0 Å². The molecule has 3 heteroatoms. The standard InChI is InChI=1S/C23H19NO2/c25-22(16-7-2-1-3-8-16)19-11-6-12-20(13-19)23(26)24-21-14-17-9-4-5-10-18(17)15-21/h1-13,21H,14-15H2,(H,24,26). The summed E-state index contributed by atoms with van der Waals surface area (Å²) in [4.78, 5) is 25.2. The first-order valence-corrected chi connectivity index (χ1v) is 8.78. The zero-order chi connectivity index (χ0) is 17.9. The summed E-state index contributed by atoms with van der Waals surface area (Å²) in [5.74, 6) is -0.209. The molecule has 1 amide bonds. The van der Waals surface area contributed by atoms with Gasteiger partial charge in [-0.2, -0.15) is 0 Å². The molecular formula is C23H19NO2. The third kappa shape index (κ3) is 3.29. The number of nitrogens with one attached hydrogen (secondary N) is 1. The zero-order valence-corrected chi connectivity index (χ0v) is 14.3. The lowest BCUT2D eigenvalue weighted by atomic mass is 10.0. The molecule has 0 saturated heterocycles. The lowest BCUT2D eigenvalue weighted by Crippen LogP contribution is -2.35. The second kappa shape index (κ2) is 6.96. The molecule has 3 aromatic carbocycles. The van der Waals surface area contributed by atoms with Gasteiger partial charge in [0.05, 0.1) is 0 Å². The van der Waals surface area contributed by atoms with Crippen molar-refractivity contribution in [1.82, 2.24) is 5.32 Å². The number of carbonyl (C=O) groups is 2. The van der Waals surface area contributed by atoms with Gasteiger partial charge in [0.1, 0.15) is 0 Å². The van der Waals surface area contributed by atoms with E-state index in [-0.39, 0.29) is 17.7 Å². The van der Waals surface area contributed by atoms with E-state index in [1.54, 1.807) is 36.4 Å². The van der Waals surface area contributed by atoms with Crippen molar-refractivity contribution in [2.45, 2.75) is 18.9 Å². The van der Waals surface area contributed by atoms with Crippen molar-refractivity contribution in [2.24, 2.45) is 0 Å². The summed E-state index contributed by atoms with van der Waals surface area (Å²) >= 11 is 0. The minimum Gasteiger partial charge on any atom is -0.349 e. The van der Waals surface area contributed by atoms with Crippen LogP contribution in [0.4, 0.5) is 0 Å². The molecule has 1 aliphatic carbocycles. The molecule has 0 spiro atoms. The molecule has 0 unspecified atom stereocenters. The summed E-state index contributed by atoms with van der Waals surface area (Å²) in [6.07, 6.45) is 1.70. The molecule has 0 bridgehead atoms. The van der Waals surface area contributed by atoms with Crippen LogP contribution >= 0.6 is 0 Å². The van der Waals surface area contributed by atoms with Gasteiger partial charge >= 0.3 is 0 Å². The van der Waals surface area contributed by atoms with Gasteiger partial charge in [0, 0.05) is 22.7 Å². The minimum atomic E-state index is -0.134. The first kappa shape index (κ1) is 16.3. The maximum absolute atomic E-state index is 12.6. The molecule has 4 rings (SSSR count). The van der Waals surface area contributed by atoms with E-state index >= 15 is 0 Å². The van der Waals surface area contributed by atoms with Crippen LogP contribution in [-0.4, -0.2) is 17.7 Å². The number of fused-ring (bicyclic) bond motifs is 1. The van der Waals surface area contributed by atoms with E-state index in [4.69, 9.17) is 0 Å². The van der Waals surface area contributed by atoms with Crippen molar-refractivity contribution in [3.63, 3.8) is 0 Å². The number of hydrogen-bond donors (Lipinski definition) is 1. The van der Waals surface area contributed by atoms with Crippen molar-refractivity contribution in [3.05, 3.63) is 107 Å². The number of benzene rings is 3. The molecule has 0 saturated carbocycles. The molecule has 26 heavy (non-hydrogen) atoms. The van der Waals surface area contributed by atoms with Crippen LogP contribution in [-0.2, 0) is 12.8 Å². The molecule has 0 aliphatic heterocycles. The highest BCUT2D eigenvalue weighted by Gasteiger charge is 2.23. The Balaban J connectivity index is 1.48. The van der Waals surface area contributed by atoms with Crippen LogP contribution in [0.5, 0.6) is 0 Å². The van der Waals surface area contributed by atoms with E-state index < -0.39 is 0 Å². The van der Waals surface area contributed by atoms with Gasteiger partial charge in [0.2, 0.25) is 0 Å². The highest BCUT2D eigenvalue weighted by Crippen LogP contribution is 2.22. The summed E-state index contributed by atoms with van der Waals surface area (Å²) in [5.41, 5.74) is 4.26. The molecule has 0 heterocycles. The lowest BCUT2D eigenvalue weighted by molar-refractivity contribution is 0.0938. The Bertz CT molecular complexity index is 938. The van der Waals surface area contributed by atoms with Crippen molar-refractivity contribution >= 4 is 11.7 Å². The zero-order valence-electron chi connectivity index (χ0n) is 14.3. The highest BCUT2D eigenvalue weighted by atomic mass is 16.1. The molecule has 0 radical (unpaired) electrons. The summed E-state index contributed by atoms with van der Waals surface area (Å²) in [6, 6.07) is 24.4. The normalized spacial score (nSPS) is 13.2. The predicted molar refractivity (Wildman–Crippen MR) is 101 cm³/mol. The topological polar surface area (TPSA) is 46.2 Å². The number of hydrogen-bond acceptors (Lipinski definition) is 2. The molecule has 0 fully saturated rings. The lowest BCUT2D eigenvalue weighted by Gasteiger charge is -2.12. The third-order valence-corrected chi connectivity index (χ3v) is 4.81. The van der Waals surface area contributed by atoms with Crippen LogP contribution in [0.1, 0.15) is 37.4 Å². The van der Waals surface area contributed by atoms with Gasteiger partial charge in [-0.3, -0.25) is 9.59 Å². The third-order valence-electron chi connectivity index (χ3n) is 4.81. The van der Waals surface area contributed by atoms with Crippen molar-refractivity contribution < 1.29 is 9.59 Å². The molecule has 0 aromatic heterocycles. The van der Waals surface area contributed by atoms with Crippen LogP contribution < -0.4 is 5.32 Å². The Kier molecular flexibility index (Phi) is 4.36. The van der Waals surface area contributed by atoms with E-state index in [2.05, 4.69) is 17.4 Å². The molecule has 3 nitrogen and oxygen atoms in total. The average Bonchev–Trinajstić information content (AvgIpc) is 3.10. The fraction of sp³-hybridized carbons (Fsp3) is 0.130. The van der Waals surface area contributed by atoms with E-state index in [1.807, 2.05) is 30.3 Å². The van der Waals surface area contributed by atoms with Crippen LogP contribution in [0.2, 0.25) is 0 Å². The van der Waals surface area contributed by atoms with Gasteiger partial charge in [0.15, 0.2) is 5.78 Å². The quantitative estimate of drug-likeness (QED) is 0.734. The number of carbonyl (C=O) groups excluding carboxylic acids is 2. The van der Waals surface area contributed by atoms with Gasteiger partial charge in [0.25, 0.3) is 5.91 Å². The Morgan fingerprint density at radius 2 is 1.27 bits per heavy atom. The van der Waals surface area contributed by atoms with Crippen LogP contribution in [0.15, 0.2) is 78.9 Å². The molecule has 1 N–H and O–H groups in total. The van der Waals surface area contributed by atoms with Gasteiger partial charge in [-0.15, -0.1) is 0 Å². The van der Waals surface area contributed by atoms with Crippen LogP contribution in [0.25, 0.3) is 0 Å². The van der Waals surface area contributed by atoms with Crippen LogP contribution in [0.3, 0.4) is 0 Å². The predicted octanol–water partition coefficient (Wildman–Crippen LogP) is 3.81. The van der Waals surface area contributed by atoms with Crippen molar-refractivity contribution in [1.29, 1.82) is 0 Å². The van der Waals surface area contributed by atoms with Crippen LogP contribution in [0, 0.1) is 0 Å². The molecular weight excluding hydrogens is 322 g/mol. The number of amides is 1. The van der Waals surface area contributed by atoms with E-state index in [0.717, 1.165) is 12.8 Å². The largest absolute Gasteiger partial charge is 0.349 e. The Morgan fingerprint density at radius 3 is 1.96 bits per heavy atom. The summed E-state index contributed by atoms with van der Waals surface area (Å²) in [6.45, 7) is 0. The first-order valence-electron chi connectivity index (χ1n) is 8.78. The maximum Gasteiger partial charge on any atom is 0.251 e. The number of rotatable bonds is 4. The van der Waals surface area contributed by atoms with Gasteiger partial charge in [-0.1, -0.05) is 66.7 Å². The van der Waals surface area contributed by atoms with Gasteiger partial charge < -0.3 is 5.32 Å². The average molecular weight is 341 g/mol. The summed E-state index contributed by atoms with van der Waals surface area (Å²) in [7, 11) is 0. The minimum absolute atomic E-state index is 0.0754. The SMILES string of the molecule is O=C(NC1Cc2ccccc2C1)c1cccc(C(=O)c2ccccc2)c1. The second-order valence-electron chi connectivity index (χ2n) is 6.62. The molecule has 128 valence electrons. The first-order chi connectivity index (χ1) is 12.7.